The molecule has 6 heteroatoms. The highest BCUT2D eigenvalue weighted by Gasteiger charge is 2.29. The molecule has 0 fully saturated rings. The Balaban J connectivity index is 1.78. The summed E-state index contributed by atoms with van der Waals surface area (Å²) in [6.07, 6.45) is 2.80. The average Bonchev–Trinajstić information content (AvgIpc) is 3.03. The van der Waals surface area contributed by atoms with Crippen molar-refractivity contribution in [3.8, 4) is 5.75 Å². The summed E-state index contributed by atoms with van der Waals surface area (Å²) in [6.45, 7) is 12.6. The number of anilines is 1. The predicted octanol–water partition coefficient (Wildman–Crippen LogP) is 5.67. The molecule has 31 heavy (non-hydrogen) atoms. The highest BCUT2D eigenvalue weighted by molar-refractivity contribution is 7.17. The molecule has 1 unspecified atom stereocenters. The Morgan fingerprint density at radius 3 is 2.68 bits per heavy atom. The van der Waals surface area contributed by atoms with Crippen molar-refractivity contribution < 1.29 is 19.1 Å². The molecule has 2 aromatic rings. The third kappa shape index (κ3) is 5.48. The summed E-state index contributed by atoms with van der Waals surface area (Å²) in [5.41, 5.74) is 3.67. The first-order valence-electron chi connectivity index (χ1n) is 11.0. The van der Waals surface area contributed by atoms with E-state index in [2.05, 4.69) is 39.1 Å². The van der Waals surface area contributed by atoms with Gasteiger partial charge in [-0.1, -0.05) is 45.4 Å². The van der Waals surface area contributed by atoms with Crippen molar-refractivity contribution in [3.05, 3.63) is 45.3 Å². The molecule has 1 aromatic heterocycles. The van der Waals surface area contributed by atoms with Crippen LogP contribution in [0.1, 0.15) is 73.0 Å². The van der Waals surface area contributed by atoms with E-state index in [0.29, 0.717) is 28.8 Å². The van der Waals surface area contributed by atoms with Crippen molar-refractivity contribution in [1.29, 1.82) is 0 Å². The second-order valence-corrected chi connectivity index (χ2v) is 10.5. The fourth-order valence-electron chi connectivity index (χ4n) is 3.92. The molecule has 1 heterocycles. The lowest BCUT2D eigenvalue weighted by Crippen LogP contribution is -2.23. The van der Waals surface area contributed by atoms with E-state index in [1.807, 2.05) is 19.1 Å². The number of nitrogens with one attached hydrogen (secondary N) is 1. The smallest absolute Gasteiger partial charge is 0.341 e. The Labute approximate surface area is 189 Å². The van der Waals surface area contributed by atoms with Crippen LogP contribution in [0.5, 0.6) is 5.75 Å². The number of carbonyl (C=O) groups is 2. The Morgan fingerprint density at radius 1 is 1.26 bits per heavy atom. The van der Waals surface area contributed by atoms with Gasteiger partial charge in [0.05, 0.1) is 12.2 Å². The number of esters is 1. The SMILES string of the molecule is CCOC(=O)c1c(NC(=O)COc2ccc(C)cc2C(C)(C)C)sc2c1CCC(C)C2. The fourth-order valence-corrected chi connectivity index (χ4v) is 5.33. The number of aryl methyl sites for hydroxylation is 1. The maximum absolute atomic E-state index is 12.7. The first-order chi connectivity index (χ1) is 14.6. The molecule has 5 nitrogen and oxygen atoms in total. The number of amides is 1. The standard InChI is InChI=1S/C25H33NO4S/c1-7-29-24(28)22-17-10-8-16(3)13-20(17)31-23(22)26-21(27)14-30-19-11-9-15(2)12-18(19)25(4,5)6/h9,11-12,16H,7-8,10,13-14H2,1-6H3,(H,26,27). The van der Waals surface area contributed by atoms with E-state index in [1.165, 1.54) is 16.2 Å². The van der Waals surface area contributed by atoms with E-state index in [-0.39, 0.29) is 23.9 Å². The van der Waals surface area contributed by atoms with Crippen LogP contribution in [0.15, 0.2) is 18.2 Å². The Kier molecular flexibility index (Phi) is 7.10. The quantitative estimate of drug-likeness (QED) is 0.584. The van der Waals surface area contributed by atoms with Crippen LogP contribution in [-0.2, 0) is 27.8 Å². The van der Waals surface area contributed by atoms with E-state index in [1.54, 1.807) is 6.92 Å². The monoisotopic (exact) mass is 443 g/mol. The minimum absolute atomic E-state index is 0.0988. The lowest BCUT2D eigenvalue weighted by Gasteiger charge is -2.23. The van der Waals surface area contributed by atoms with Gasteiger partial charge in [-0.25, -0.2) is 4.79 Å². The van der Waals surface area contributed by atoms with Gasteiger partial charge in [0.15, 0.2) is 6.61 Å². The molecule has 1 aliphatic carbocycles. The molecular formula is C25H33NO4S. The summed E-state index contributed by atoms with van der Waals surface area (Å²) < 4.78 is 11.2. The van der Waals surface area contributed by atoms with Crippen LogP contribution < -0.4 is 10.1 Å². The van der Waals surface area contributed by atoms with E-state index < -0.39 is 0 Å². The molecular weight excluding hydrogens is 410 g/mol. The van der Waals surface area contributed by atoms with Gasteiger partial charge in [-0.15, -0.1) is 11.3 Å². The average molecular weight is 444 g/mol. The number of hydrogen-bond acceptors (Lipinski definition) is 5. The summed E-state index contributed by atoms with van der Waals surface area (Å²) in [7, 11) is 0. The molecule has 0 saturated carbocycles. The Bertz CT molecular complexity index is 971. The van der Waals surface area contributed by atoms with Gasteiger partial charge >= 0.3 is 5.97 Å². The summed E-state index contributed by atoms with van der Waals surface area (Å²) in [5.74, 6) is 0.639. The van der Waals surface area contributed by atoms with Crippen molar-refractivity contribution in [2.45, 2.75) is 66.2 Å². The largest absolute Gasteiger partial charge is 0.483 e. The molecule has 1 amide bonds. The molecule has 168 valence electrons. The number of rotatable bonds is 6. The second kappa shape index (κ2) is 9.43. The minimum atomic E-state index is -0.362. The first-order valence-corrected chi connectivity index (χ1v) is 11.8. The fraction of sp³-hybridized carbons (Fsp3) is 0.520. The van der Waals surface area contributed by atoms with E-state index in [0.717, 1.165) is 36.0 Å². The molecule has 1 aliphatic rings. The number of benzene rings is 1. The molecule has 0 saturated heterocycles. The summed E-state index contributed by atoms with van der Waals surface area (Å²) in [4.78, 5) is 26.5. The summed E-state index contributed by atoms with van der Waals surface area (Å²) in [5, 5.41) is 3.49. The number of hydrogen-bond donors (Lipinski definition) is 1. The number of carbonyl (C=O) groups excluding carboxylic acids is 2. The third-order valence-electron chi connectivity index (χ3n) is 5.55. The van der Waals surface area contributed by atoms with Gasteiger partial charge in [0.2, 0.25) is 0 Å². The summed E-state index contributed by atoms with van der Waals surface area (Å²) in [6, 6.07) is 5.99. The zero-order chi connectivity index (χ0) is 22.8. The van der Waals surface area contributed by atoms with E-state index >= 15 is 0 Å². The second-order valence-electron chi connectivity index (χ2n) is 9.36. The maximum atomic E-state index is 12.7. The van der Waals surface area contributed by atoms with Crippen molar-refractivity contribution >= 4 is 28.2 Å². The Hall–Kier alpha value is -2.34. The van der Waals surface area contributed by atoms with E-state index in [4.69, 9.17) is 9.47 Å². The molecule has 3 rings (SSSR count). The van der Waals surface area contributed by atoms with Crippen LogP contribution >= 0.6 is 11.3 Å². The van der Waals surface area contributed by atoms with Crippen LogP contribution in [0.25, 0.3) is 0 Å². The van der Waals surface area contributed by atoms with E-state index in [9.17, 15) is 9.59 Å². The van der Waals surface area contributed by atoms with Crippen molar-refractivity contribution in [1.82, 2.24) is 0 Å². The molecule has 0 bridgehead atoms. The zero-order valence-electron chi connectivity index (χ0n) is 19.4. The van der Waals surface area contributed by atoms with Crippen LogP contribution in [0.3, 0.4) is 0 Å². The van der Waals surface area contributed by atoms with Crippen LogP contribution in [0.4, 0.5) is 5.00 Å². The lowest BCUT2D eigenvalue weighted by molar-refractivity contribution is -0.118. The normalized spacial score (nSPS) is 15.9. The van der Waals surface area contributed by atoms with Crippen molar-refractivity contribution in [3.63, 3.8) is 0 Å². The van der Waals surface area contributed by atoms with Crippen molar-refractivity contribution in [2.75, 3.05) is 18.5 Å². The van der Waals surface area contributed by atoms with Gasteiger partial charge in [-0.3, -0.25) is 4.79 Å². The highest BCUT2D eigenvalue weighted by atomic mass is 32.1. The molecule has 0 spiro atoms. The van der Waals surface area contributed by atoms with Crippen molar-refractivity contribution in [2.24, 2.45) is 5.92 Å². The van der Waals surface area contributed by atoms with Gasteiger partial charge in [-0.05, 0) is 61.6 Å². The van der Waals surface area contributed by atoms with Gasteiger partial charge < -0.3 is 14.8 Å². The van der Waals surface area contributed by atoms with Gasteiger partial charge in [0.1, 0.15) is 10.8 Å². The van der Waals surface area contributed by atoms with Crippen LogP contribution in [0, 0.1) is 12.8 Å². The zero-order valence-corrected chi connectivity index (χ0v) is 20.2. The van der Waals surface area contributed by atoms with Gasteiger partial charge in [0, 0.05) is 4.88 Å². The van der Waals surface area contributed by atoms with Gasteiger partial charge in [-0.2, -0.15) is 0 Å². The highest BCUT2D eigenvalue weighted by Crippen LogP contribution is 2.40. The Morgan fingerprint density at radius 2 is 2.00 bits per heavy atom. The number of thiophene rings is 1. The molecule has 0 radical (unpaired) electrons. The molecule has 1 N–H and O–H groups in total. The van der Waals surface area contributed by atoms with Crippen LogP contribution in [-0.4, -0.2) is 25.1 Å². The topological polar surface area (TPSA) is 64.6 Å². The lowest BCUT2D eigenvalue weighted by atomic mass is 9.85. The van der Waals surface area contributed by atoms with Crippen LogP contribution in [0.2, 0.25) is 0 Å². The predicted molar refractivity (Wildman–Crippen MR) is 125 cm³/mol. The van der Waals surface area contributed by atoms with Gasteiger partial charge in [0.25, 0.3) is 5.91 Å². The number of fused-ring (bicyclic) bond motifs is 1. The minimum Gasteiger partial charge on any atom is -0.483 e. The molecule has 0 aliphatic heterocycles. The molecule has 1 aromatic carbocycles. The third-order valence-corrected chi connectivity index (χ3v) is 6.72. The maximum Gasteiger partial charge on any atom is 0.341 e. The summed E-state index contributed by atoms with van der Waals surface area (Å²) >= 11 is 1.49. The molecule has 1 atom stereocenters. The number of ether oxygens (including phenoxy) is 2. The first kappa shape index (κ1) is 23.3.